The van der Waals surface area contributed by atoms with E-state index in [0.29, 0.717) is 0 Å². The van der Waals surface area contributed by atoms with Gasteiger partial charge in [-0.15, -0.1) is 0 Å². The fourth-order valence-electron chi connectivity index (χ4n) is 0.496. The number of phenols is 1. The summed E-state index contributed by atoms with van der Waals surface area (Å²) < 4.78 is 0. The van der Waals surface area contributed by atoms with Gasteiger partial charge in [0.2, 0.25) is 0 Å². The second-order valence-corrected chi connectivity index (χ2v) is 1.67. The monoisotopic (exact) mass is 130 g/mol. The summed E-state index contributed by atoms with van der Waals surface area (Å²) in [6.45, 7) is 3.65. The molecule has 42 valence electrons. The maximum absolute atomic E-state index is 8.73. The molecule has 1 nitrogen and oxygen atoms in total. The fraction of sp³-hybridized carbons (Fsp3) is 0. The van der Waals surface area contributed by atoms with Crippen LogP contribution in [0.25, 0.3) is 0 Å². The van der Waals surface area contributed by atoms with Crippen molar-refractivity contribution in [2.75, 3.05) is 0 Å². The van der Waals surface area contributed by atoms with E-state index in [1.54, 1.807) is 24.3 Å². The maximum atomic E-state index is 8.73. The van der Waals surface area contributed by atoms with Gasteiger partial charge in [0, 0.05) is 0 Å². The van der Waals surface area contributed by atoms with Crippen LogP contribution in [-0.4, -0.2) is 5.11 Å². The molecule has 0 spiro atoms. The largest absolute Gasteiger partial charge is 1.00 e. The number of hydrogen-bond acceptors (Lipinski definition) is 1. The molecule has 0 heterocycles. The molecule has 1 aromatic carbocycles. The molecule has 2 heteroatoms. The number of hydrogen-bond donors (Lipinski definition) is 1. The summed E-state index contributed by atoms with van der Waals surface area (Å²) in [6, 6.07) is 6.75. The first-order valence-electron chi connectivity index (χ1n) is 2.40. The van der Waals surface area contributed by atoms with Gasteiger partial charge >= 0.3 is 29.6 Å². The molecule has 9 heavy (non-hydrogen) atoms. The van der Waals surface area contributed by atoms with Gasteiger partial charge in [-0.25, -0.2) is 0 Å². The van der Waals surface area contributed by atoms with Gasteiger partial charge < -0.3 is 5.11 Å². The average Bonchev–Trinajstić information content (AvgIpc) is 1.77. The minimum Gasteiger partial charge on any atom is -0.510 e. The minimum absolute atomic E-state index is 0. The minimum atomic E-state index is 0. The fourth-order valence-corrected chi connectivity index (χ4v) is 0.496. The van der Waals surface area contributed by atoms with E-state index in [1.807, 2.05) is 0 Å². The van der Waals surface area contributed by atoms with Crippen LogP contribution in [0.2, 0.25) is 0 Å². The summed E-state index contributed by atoms with van der Waals surface area (Å²) in [5.41, 5.74) is 0.919. The Hall–Kier alpha value is -0.110. The van der Waals surface area contributed by atoms with Gasteiger partial charge in [0.25, 0.3) is 0 Å². The van der Waals surface area contributed by atoms with Crippen LogP contribution < -0.4 is 29.6 Å². The Bertz CT molecular complexity index is 148. The first kappa shape index (κ1) is 8.89. The first-order valence-corrected chi connectivity index (χ1v) is 2.40. The third-order valence-electron chi connectivity index (χ3n) is 0.936. The molecule has 0 unspecified atom stereocenters. The number of aromatic hydroxyl groups is 1. The van der Waals surface area contributed by atoms with Crippen LogP contribution in [0.1, 0.15) is 5.56 Å². The molecule has 1 rings (SSSR count). The smallest absolute Gasteiger partial charge is 0.510 e. The zero-order chi connectivity index (χ0) is 5.98. The Morgan fingerprint density at radius 3 is 1.89 bits per heavy atom. The van der Waals surface area contributed by atoms with Crippen LogP contribution >= 0.6 is 0 Å². The number of benzene rings is 1. The van der Waals surface area contributed by atoms with Crippen LogP contribution in [0.5, 0.6) is 5.75 Å². The van der Waals surface area contributed by atoms with E-state index >= 15 is 0 Å². The van der Waals surface area contributed by atoms with Crippen molar-refractivity contribution >= 4 is 0 Å². The van der Waals surface area contributed by atoms with Gasteiger partial charge in [0.1, 0.15) is 0 Å². The normalized spacial score (nSPS) is 8.00. The van der Waals surface area contributed by atoms with E-state index in [9.17, 15) is 0 Å². The number of rotatable bonds is 0. The Labute approximate surface area is 77.0 Å². The zero-order valence-corrected chi connectivity index (χ0v) is 7.46. The van der Waals surface area contributed by atoms with Crippen molar-refractivity contribution in [2.45, 2.75) is 0 Å². The van der Waals surface area contributed by atoms with Crippen molar-refractivity contribution in [3.8, 4) is 5.75 Å². The van der Waals surface area contributed by atoms with Gasteiger partial charge in [-0.1, -0.05) is 12.1 Å². The van der Waals surface area contributed by atoms with Crippen LogP contribution in [0.4, 0.5) is 0 Å². The molecule has 0 radical (unpaired) electrons. The summed E-state index contributed by atoms with van der Waals surface area (Å²) in [5, 5.41) is 8.73. The van der Waals surface area contributed by atoms with Gasteiger partial charge in [-0.2, -0.15) is 24.6 Å². The third-order valence-corrected chi connectivity index (χ3v) is 0.936. The molecule has 1 N–H and O–H groups in total. The van der Waals surface area contributed by atoms with E-state index in [4.69, 9.17) is 5.11 Å². The van der Waals surface area contributed by atoms with Crippen molar-refractivity contribution in [1.82, 2.24) is 0 Å². The van der Waals surface area contributed by atoms with E-state index < -0.39 is 0 Å². The average molecular weight is 130 g/mol. The van der Waals surface area contributed by atoms with Gasteiger partial charge in [0.15, 0.2) is 0 Å². The predicted octanol–water partition coefficient (Wildman–Crippen LogP) is -1.42. The van der Waals surface area contributed by atoms with Crippen molar-refractivity contribution in [1.29, 1.82) is 0 Å². The molecule has 0 aliphatic heterocycles. The van der Waals surface area contributed by atoms with Gasteiger partial charge in [-0.3, -0.25) is 0 Å². The summed E-state index contributed by atoms with van der Waals surface area (Å²) in [4.78, 5) is 0. The SMILES string of the molecule is [CH2-]c1ccc(O)cc1.[Na+]. The predicted molar refractivity (Wildman–Crippen MR) is 32.6 cm³/mol. The Morgan fingerprint density at radius 1 is 1.11 bits per heavy atom. The topological polar surface area (TPSA) is 20.2 Å². The van der Waals surface area contributed by atoms with Crippen molar-refractivity contribution in [3.05, 3.63) is 36.8 Å². The molecule has 1 aromatic rings. The Morgan fingerprint density at radius 2 is 1.56 bits per heavy atom. The van der Waals surface area contributed by atoms with Crippen molar-refractivity contribution < 1.29 is 34.7 Å². The van der Waals surface area contributed by atoms with Crippen LogP contribution in [0.15, 0.2) is 24.3 Å². The van der Waals surface area contributed by atoms with Gasteiger partial charge in [-0.05, 0) is 0 Å². The molecule has 0 atom stereocenters. The zero-order valence-electron chi connectivity index (χ0n) is 5.46. The van der Waals surface area contributed by atoms with Crippen molar-refractivity contribution in [2.24, 2.45) is 0 Å². The Balaban J connectivity index is 0.000000640. The summed E-state index contributed by atoms with van der Waals surface area (Å²) in [6.07, 6.45) is 0. The molecule has 0 saturated heterocycles. The standard InChI is InChI=1S/C7H7O.Na/c1-6-2-4-7(8)5-3-6;/h2-5,8H,1H2;/q-1;+1. The second-order valence-electron chi connectivity index (χ2n) is 1.67. The summed E-state index contributed by atoms with van der Waals surface area (Å²) >= 11 is 0. The summed E-state index contributed by atoms with van der Waals surface area (Å²) in [7, 11) is 0. The van der Waals surface area contributed by atoms with Crippen LogP contribution in [0.3, 0.4) is 0 Å². The molecule has 0 amide bonds. The van der Waals surface area contributed by atoms with Crippen LogP contribution in [-0.2, 0) is 0 Å². The molecule has 0 saturated carbocycles. The molecule has 0 bridgehead atoms. The molecular weight excluding hydrogens is 123 g/mol. The molecule has 0 aromatic heterocycles. The van der Waals surface area contributed by atoms with Crippen molar-refractivity contribution in [3.63, 3.8) is 0 Å². The van der Waals surface area contributed by atoms with E-state index in [1.165, 1.54) is 0 Å². The summed E-state index contributed by atoms with van der Waals surface area (Å²) in [5.74, 6) is 0.289. The third kappa shape index (κ3) is 2.80. The number of phenolic OH excluding ortho intramolecular Hbond substituents is 1. The van der Waals surface area contributed by atoms with Gasteiger partial charge in [0.05, 0.1) is 5.75 Å². The van der Waals surface area contributed by atoms with E-state index in [0.717, 1.165) is 5.56 Å². The Kier molecular flexibility index (Phi) is 3.78. The maximum Gasteiger partial charge on any atom is 1.00 e. The first-order chi connectivity index (χ1) is 3.79. The van der Waals surface area contributed by atoms with E-state index in [-0.39, 0.29) is 35.3 Å². The van der Waals surface area contributed by atoms with E-state index in [2.05, 4.69) is 6.92 Å². The second kappa shape index (κ2) is 3.83. The molecular formula is C7H7NaO. The van der Waals surface area contributed by atoms with Crippen LogP contribution in [0, 0.1) is 6.92 Å². The molecule has 0 aliphatic rings. The molecule has 0 fully saturated rings. The quantitative estimate of drug-likeness (QED) is 0.337. The molecule has 0 aliphatic carbocycles.